The van der Waals surface area contributed by atoms with Crippen LogP contribution in [0.5, 0.6) is 0 Å². The normalized spacial score (nSPS) is 11.3. The van der Waals surface area contributed by atoms with E-state index in [1.54, 1.807) is 18.2 Å². The van der Waals surface area contributed by atoms with Gasteiger partial charge in [0.15, 0.2) is 0 Å². The number of hydrogen-bond donors (Lipinski definition) is 1. The lowest BCUT2D eigenvalue weighted by Gasteiger charge is -2.08. The average Bonchev–Trinajstić information content (AvgIpc) is 2.46. The zero-order chi connectivity index (χ0) is 15.5. The molecule has 2 aromatic carbocycles. The van der Waals surface area contributed by atoms with Gasteiger partial charge < -0.3 is 0 Å². The summed E-state index contributed by atoms with van der Waals surface area (Å²) in [6.45, 7) is 0.0897. The molecule has 2 rings (SSSR count). The highest BCUT2D eigenvalue weighted by molar-refractivity contribution is 9.10. The summed E-state index contributed by atoms with van der Waals surface area (Å²) in [5, 5.41) is 10.7. The van der Waals surface area contributed by atoms with Crippen LogP contribution in [0.15, 0.2) is 57.9 Å². The molecule has 0 radical (unpaired) electrons. The van der Waals surface area contributed by atoms with E-state index < -0.39 is 14.9 Å². The Hall–Kier alpha value is -1.77. The van der Waals surface area contributed by atoms with Crippen LogP contribution in [0.3, 0.4) is 0 Å². The molecule has 1 N–H and O–H groups in total. The van der Waals surface area contributed by atoms with Gasteiger partial charge in [0.05, 0.1) is 9.82 Å². The zero-order valence-electron chi connectivity index (χ0n) is 10.7. The molecular weight excluding hydrogens is 360 g/mol. The topological polar surface area (TPSA) is 89.3 Å². The smallest absolute Gasteiger partial charge is 0.258 e. The molecule has 0 spiro atoms. The Morgan fingerprint density at radius 3 is 2.52 bits per heavy atom. The van der Waals surface area contributed by atoms with E-state index in [2.05, 4.69) is 20.7 Å². The molecule has 0 aliphatic carbocycles. The van der Waals surface area contributed by atoms with E-state index in [-0.39, 0.29) is 17.1 Å². The van der Waals surface area contributed by atoms with E-state index in [9.17, 15) is 18.5 Å². The van der Waals surface area contributed by atoms with Crippen molar-refractivity contribution in [2.24, 2.45) is 0 Å². The number of hydrogen-bond acceptors (Lipinski definition) is 4. The Balaban J connectivity index is 2.21. The minimum Gasteiger partial charge on any atom is -0.258 e. The Bertz CT molecular complexity index is 777. The first-order chi connectivity index (χ1) is 9.90. The molecule has 6 nitrogen and oxygen atoms in total. The average molecular weight is 371 g/mol. The Kier molecular flexibility index (Phi) is 4.71. The van der Waals surface area contributed by atoms with E-state index in [0.717, 1.165) is 16.1 Å². The lowest BCUT2D eigenvalue weighted by Crippen LogP contribution is -2.23. The standard InChI is InChI=1S/C13H11BrN2O4S/c14-13-7-2-1-4-10(13)9-15-21(19,20)12-6-3-5-11(8-12)16(17)18/h1-8,15H,9H2. The quantitative estimate of drug-likeness (QED) is 0.647. The molecule has 0 amide bonds. The summed E-state index contributed by atoms with van der Waals surface area (Å²) >= 11 is 3.33. The largest absolute Gasteiger partial charge is 0.270 e. The van der Waals surface area contributed by atoms with Crippen LogP contribution in [0, 0.1) is 10.1 Å². The van der Waals surface area contributed by atoms with Crippen molar-refractivity contribution in [3.63, 3.8) is 0 Å². The van der Waals surface area contributed by atoms with Crippen LogP contribution in [0.1, 0.15) is 5.56 Å². The van der Waals surface area contributed by atoms with Gasteiger partial charge >= 0.3 is 0 Å². The number of sulfonamides is 1. The van der Waals surface area contributed by atoms with Crippen LogP contribution in [0.25, 0.3) is 0 Å². The van der Waals surface area contributed by atoms with Crippen LogP contribution in [0.4, 0.5) is 5.69 Å². The maximum atomic E-state index is 12.1. The van der Waals surface area contributed by atoms with Crippen molar-refractivity contribution in [2.75, 3.05) is 0 Å². The van der Waals surface area contributed by atoms with E-state index in [1.807, 2.05) is 6.07 Å². The minimum atomic E-state index is -3.81. The molecule has 0 saturated carbocycles. The van der Waals surface area contributed by atoms with Crippen LogP contribution in [0.2, 0.25) is 0 Å². The highest BCUT2D eigenvalue weighted by Gasteiger charge is 2.17. The Morgan fingerprint density at radius 1 is 1.14 bits per heavy atom. The van der Waals surface area contributed by atoms with Gasteiger partial charge in [-0.3, -0.25) is 10.1 Å². The van der Waals surface area contributed by atoms with Gasteiger partial charge in [-0.2, -0.15) is 0 Å². The van der Waals surface area contributed by atoms with Gasteiger partial charge in [-0.05, 0) is 17.7 Å². The van der Waals surface area contributed by atoms with Gasteiger partial charge in [0.1, 0.15) is 0 Å². The van der Waals surface area contributed by atoms with E-state index >= 15 is 0 Å². The molecule has 0 unspecified atom stereocenters. The monoisotopic (exact) mass is 370 g/mol. The third-order valence-electron chi connectivity index (χ3n) is 2.75. The molecule has 8 heteroatoms. The summed E-state index contributed by atoms with van der Waals surface area (Å²) in [6.07, 6.45) is 0. The van der Waals surface area contributed by atoms with Gasteiger partial charge in [0, 0.05) is 23.2 Å². The van der Waals surface area contributed by atoms with Crippen LogP contribution >= 0.6 is 15.9 Å². The van der Waals surface area contributed by atoms with Crippen LogP contribution in [-0.4, -0.2) is 13.3 Å². The zero-order valence-corrected chi connectivity index (χ0v) is 13.1. The van der Waals surface area contributed by atoms with E-state index in [4.69, 9.17) is 0 Å². The molecule has 21 heavy (non-hydrogen) atoms. The minimum absolute atomic E-state index is 0.0897. The van der Waals surface area contributed by atoms with Gasteiger partial charge in [-0.1, -0.05) is 40.2 Å². The number of rotatable bonds is 5. The summed E-state index contributed by atoms with van der Waals surface area (Å²) in [5.74, 6) is 0. The predicted octanol–water partition coefficient (Wildman–Crippen LogP) is 2.84. The molecule has 0 bridgehead atoms. The number of non-ortho nitro benzene ring substituents is 1. The molecule has 0 atom stereocenters. The predicted molar refractivity (Wildman–Crippen MR) is 81.3 cm³/mol. The molecular formula is C13H11BrN2O4S. The van der Waals surface area contributed by atoms with Gasteiger partial charge in [-0.15, -0.1) is 0 Å². The Labute approximate surface area is 130 Å². The van der Waals surface area contributed by atoms with E-state index in [1.165, 1.54) is 18.2 Å². The second-order valence-corrected chi connectivity index (χ2v) is 6.79. The van der Waals surface area contributed by atoms with Crippen molar-refractivity contribution in [1.82, 2.24) is 4.72 Å². The lowest BCUT2D eigenvalue weighted by atomic mass is 10.2. The van der Waals surface area contributed by atoms with Gasteiger partial charge in [0.25, 0.3) is 5.69 Å². The maximum Gasteiger partial charge on any atom is 0.270 e. The number of halogens is 1. The molecule has 0 aliphatic rings. The van der Waals surface area contributed by atoms with Gasteiger partial charge in [0.2, 0.25) is 10.0 Å². The molecule has 0 aromatic heterocycles. The fourth-order valence-electron chi connectivity index (χ4n) is 1.66. The second-order valence-electron chi connectivity index (χ2n) is 4.17. The maximum absolute atomic E-state index is 12.1. The highest BCUT2D eigenvalue weighted by Crippen LogP contribution is 2.19. The summed E-state index contributed by atoms with van der Waals surface area (Å²) in [7, 11) is -3.81. The number of nitro benzene ring substituents is 1. The molecule has 0 heterocycles. The first-order valence-corrected chi connectivity index (χ1v) is 8.15. The third-order valence-corrected chi connectivity index (χ3v) is 4.92. The lowest BCUT2D eigenvalue weighted by molar-refractivity contribution is -0.385. The SMILES string of the molecule is O=[N+]([O-])c1cccc(S(=O)(=O)NCc2ccccc2Br)c1. The number of nitrogens with one attached hydrogen (secondary N) is 1. The van der Waals surface area contributed by atoms with Crippen molar-refractivity contribution >= 4 is 31.6 Å². The van der Waals surface area contributed by atoms with Crippen LogP contribution < -0.4 is 4.72 Å². The first-order valence-electron chi connectivity index (χ1n) is 5.88. The third kappa shape index (κ3) is 3.87. The van der Waals surface area contributed by atoms with Crippen molar-refractivity contribution in [1.29, 1.82) is 0 Å². The van der Waals surface area contributed by atoms with Crippen molar-refractivity contribution in [3.05, 3.63) is 68.7 Å². The number of nitrogens with zero attached hydrogens (tertiary/aromatic N) is 1. The number of nitro groups is 1. The summed E-state index contributed by atoms with van der Waals surface area (Å²) < 4.78 is 27.5. The fourth-order valence-corrected chi connectivity index (χ4v) is 3.13. The number of benzene rings is 2. The summed E-state index contributed by atoms with van der Waals surface area (Å²) in [5.41, 5.74) is 0.505. The molecule has 0 aliphatic heterocycles. The van der Waals surface area contributed by atoms with Crippen molar-refractivity contribution in [2.45, 2.75) is 11.4 Å². The first kappa shape index (κ1) is 15.6. The molecule has 0 saturated heterocycles. The molecule has 2 aromatic rings. The van der Waals surface area contributed by atoms with Crippen molar-refractivity contribution in [3.8, 4) is 0 Å². The van der Waals surface area contributed by atoms with Crippen LogP contribution in [-0.2, 0) is 16.6 Å². The van der Waals surface area contributed by atoms with E-state index in [0.29, 0.717) is 0 Å². The Morgan fingerprint density at radius 2 is 1.86 bits per heavy atom. The van der Waals surface area contributed by atoms with Crippen molar-refractivity contribution < 1.29 is 13.3 Å². The summed E-state index contributed by atoms with van der Waals surface area (Å²) in [4.78, 5) is 9.92. The molecule has 110 valence electrons. The highest BCUT2D eigenvalue weighted by atomic mass is 79.9. The fraction of sp³-hybridized carbons (Fsp3) is 0.0769. The summed E-state index contributed by atoms with van der Waals surface area (Å²) in [6, 6.07) is 12.1. The second kappa shape index (κ2) is 6.33. The molecule has 0 fully saturated rings. The van der Waals surface area contributed by atoms with Gasteiger partial charge in [-0.25, -0.2) is 13.1 Å².